The maximum atomic E-state index is 9.87. The predicted octanol–water partition coefficient (Wildman–Crippen LogP) is 1.29. The molecule has 0 unspecified atom stereocenters. The summed E-state index contributed by atoms with van der Waals surface area (Å²) in [5.74, 6) is 0. The van der Waals surface area contributed by atoms with Gasteiger partial charge < -0.3 is 15.5 Å². The lowest BCUT2D eigenvalue weighted by Crippen LogP contribution is -2.64. The van der Waals surface area contributed by atoms with E-state index < -0.39 is 5.60 Å². The average Bonchev–Trinajstić information content (AvgIpc) is 2.21. The molecule has 0 radical (unpaired) electrons. The molecule has 0 aromatic carbocycles. The molecule has 0 atom stereocenters. The Morgan fingerprint density at radius 3 is 2.10 bits per heavy atom. The smallest absolute Gasteiger partial charge is 0.0967 e. The average molecular weight is 288 g/mol. The van der Waals surface area contributed by atoms with Crippen LogP contribution in [-0.4, -0.2) is 57.8 Å². The van der Waals surface area contributed by atoms with Gasteiger partial charge in [0.15, 0.2) is 0 Å². The minimum Gasteiger partial charge on any atom is -0.395 e. The highest BCUT2D eigenvalue weighted by Gasteiger charge is 2.46. The SMILES string of the molecule is CC(C)(O)CON1C(C)(C)CC(NCCO)CC1(C)C. The third kappa shape index (κ3) is 4.97. The van der Waals surface area contributed by atoms with E-state index in [4.69, 9.17) is 9.94 Å². The Bertz CT molecular complexity index is 293. The van der Waals surface area contributed by atoms with Crippen molar-refractivity contribution in [3.8, 4) is 0 Å². The summed E-state index contributed by atoms with van der Waals surface area (Å²) in [5, 5.41) is 24.3. The second kappa shape index (κ2) is 6.28. The van der Waals surface area contributed by atoms with Crippen molar-refractivity contribution in [3.05, 3.63) is 0 Å². The molecule has 0 aromatic rings. The molecule has 1 fully saturated rings. The van der Waals surface area contributed by atoms with Crippen molar-refractivity contribution >= 4 is 0 Å². The maximum Gasteiger partial charge on any atom is 0.0967 e. The number of hydrogen-bond donors (Lipinski definition) is 3. The molecule has 1 aliphatic heterocycles. The molecule has 0 aromatic heterocycles. The molecule has 0 bridgehead atoms. The molecule has 1 heterocycles. The number of aliphatic hydroxyl groups excluding tert-OH is 1. The molecule has 3 N–H and O–H groups in total. The van der Waals surface area contributed by atoms with Crippen LogP contribution in [0.4, 0.5) is 0 Å². The lowest BCUT2D eigenvalue weighted by Gasteiger charge is -2.54. The van der Waals surface area contributed by atoms with E-state index in [2.05, 4.69) is 33.0 Å². The number of piperidine rings is 1. The van der Waals surface area contributed by atoms with E-state index in [1.54, 1.807) is 13.8 Å². The van der Waals surface area contributed by atoms with Crippen molar-refractivity contribution in [3.63, 3.8) is 0 Å². The predicted molar refractivity (Wildman–Crippen MR) is 80.4 cm³/mol. The van der Waals surface area contributed by atoms with Crippen molar-refractivity contribution in [2.24, 2.45) is 0 Å². The molecule has 1 aliphatic rings. The minimum atomic E-state index is -0.835. The number of rotatable bonds is 6. The lowest BCUT2D eigenvalue weighted by molar-refractivity contribution is -0.299. The highest BCUT2D eigenvalue weighted by atomic mass is 16.7. The Morgan fingerprint density at radius 2 is 1.70 bits per heavy atom. The molecule has 5 heteroatoms. The van der Waals surface area contributed by atoms with Gasteiger partial charge in [-0.25, -0.2) is 0 Å². The minimum absolute atomic E-state index is 0.125. The molecular weight excluding hydrogens is 256 g/mol. The van der Waals surface area contributed by atoms with E-state index >= 15 is 0 Å². The summed E-state index contributed by atoms with van der Waals surface area (Å²) in [6, 6.07) is 0.370. The highest BCUT2D eigenvalue weighted by Crippen LogP contribution is 2.38. The number of nitrogens with zero attached hydrogens (tertiary/aromatic N) is 1. The van der Waals surface area contributed by atoms with Crippen LogP contribution in [0.15, 0.2) is 0 Å². The molecule has 1 saturated heterocycles. The molecule has 1 rings (SSSR count). The Labute approximate surface area is 123 Å². The Balaban J connectivity index is 2.75. The van der Waals surface area contributed by atoms with Gasteiger partial charge in [0, 0.05) is 23.7 Å². The maximum absolute atomic E-state index is 9.87. The van der Waals surface area contributed by atoms with E-state index in [1.807, 2.05) is 5.06 Å². The summed E-state index contributed by atoms with van der Waals surface area (Å²) in [6.07, 6.45) is 1.89. The Kier molecular flexibility index (Phi) is 5.60. The first-order chi connectivity index (χ1) is 8.98. The summed E-state index contributed by atoms with van der Waals surface area (Å²) >= 11 is 0. The van der Waals surface area contributed by atoms with Crippen molar-refractivity contribution in [1.29, 1.82) is 0 Å². The van der Waals surface area contributed by atoms with Gasteiger partial charge in [0.25, 0.3) is 0 Å². The van der Waals surface area contributed by atoms with E-state index in [1.165, 1.54) is 0 Å². The van der Waals surface area contributed by atoms with Crippen LogP contribution < -0.4 is 5.32 Å². The first-order valence-electron chi connectivity index (χ1n) is 7.48. The van der Waals surface area contributed by atoms with Gasteiger partial charge in [-0.2, -0.15) is 5.06 Å². The molecular formula is C15H32N2O3. The zero-order chi connectivity index (χ0) is 15.6. The van der Waals surface area contributed by atoms with Gasteiger partial charge in [-0.05, 0) is 54.4 Å². The molecule has 0 spiro atoms. The molecule has 0 amide bonds. The van der Waals surface area contributed by atoms with Gasteiger partial charge in [0.1, 0.15) is 0 Å². The monoisotopic (exact) mass is 288 g/mol. The van der Waals surface area contributed by atoms with Gasteiger partial charge in [-0.3, -0.25) is 4.84 Å². The zero-order valence-corrected chi connectivity index (χ0v) is 13.9. The third-order valence-corrected chi connectivity index (χ3v) is 3.68. The summed E-state index contributed by atoms with van der Waals surface area (Å²) < 4.78 is 0. The van der Waals surface area contributed by atoms with Crippen LogP contribution in [0.3, 0.4) is 0 Å². The second-order valence-electron chi connectivity index (χ2n) is 7.79. The number of hydrogen-bond acceptors (Lipinski definition) is 5. The summed E-state index contributed by atoms with van der Waals surface area (Å²) in [6.45, 7) is 13.2. The van der Waals surface area contributed by atoms with Crippen LogP contribution in [0.25, 0.3) is 0 Å². The summed E-state index contributed by atoms with van der Waals surface area (Å²) in [4.78, 5) is 5.94. The van der Waals surface area contributed by atoms with Crippen LogP contribution >= 0.6 is 0 Å². The molecule has 5 nitrogen and oxygen atoms in total. The van der Waals surface area contributed by atoms with Crippen molar-refractivity contribution in [2.75, 3.05) is 19.8 Å². The first kappa shape index (κ1) is 17.9. The summed E-state index contributed by atoms with van der Waals surface area (Å²) in [7, 11) is 0. The number of aliphatic hydroxyl groups is 2. The van der Waals surface area contributed by atoms with E-state index in [0.29, 0.717) is 12.6 Å². The van der Waals surface area contributed by atoms with Crippen LogP contribution in [0.1, 0.15) is 54.4 Å². The van der Waals surface area contributed by atoms with E-state index in [9.17, 15) is 5.11 Å². The van der Waals surface area contributed by atoms with Gasteiger partial charge in [0.2, 0.25) is 0 Å². The standard InChI is InChI=1S/C15H32N2O3/c1-13(2)9-12(16-7-8-18)10-14(3,4)17(13)20-11-15(5,6)19/h12,16,18-19H,7-11H2,1-6H3. The van der Waals surface area contributed by atoms with E-state index in [-0.39, 0.29) is 24.3 Å². The van der Waals surface area contributed by atoms with Crippen LogP contribution in [0.5, 0.6) is 0 Å². The van der Waals surface area contributed by atoms with Crippen molar-refractivity contribution in [2.45, 2.75) is 77.1 Å². The zero-order valence-electron chi connectivity index (χ0n) is 13.9. The quantitative estimate of drug-likeness (QED) is 0.687. The second-order valence-corrected chi connectivity index (χ2v) is 7.79. The van der Waals surface area contributed by atoms with Gasteiger partial charge in [-0.1, -0.05) is 0 Å². The topological polar surface area (TPSA) is 65.0 Å². The summed E-state index contributed by atoms with van der Waals surface area (Å²) in [5.41, 5.74) is -1.08. The normalized spacial score (nSPS) is 24.0. The Morgan fingerprint density at radius 1 is 1.20 bits per heavy atom. The molecule has 0 aliphatic carbocycles. The fourth-order valence-corrected chi connectivity index (χ4v) is 3.25. The molecule has 20 heavy (non-hydrogen) atoms. The molecule has 0 saturated carbocycles. The highest BCUT2D eigenvalue weighted by molar-refractivity contribution is 4.99. The van der Waals surface area contributed by atoms with Crippen molar-refractivity contribution in [1.82, 2.24) is 10.4 Å². The van der Waals surface area contributed by atoms with Crippen LogP contribution in [-0.2, 0) is 4.84 Å². The van der Waals surface area contributed by atoms with Gasteiger partial charge in [-0.15, -0.1) is 0 Å². The third-order valence-electron chi connectivity index (χ3n) is 3.68. The first-order valence-corrected chi connectivity index (χ1v) is 7.48. The van der Waals surface area contributed by atoms with Gasteiger partial charge >= 0.3 is 0 Å². The Hall–Kier alpha value is -0.200. The lowest BCUT2D eigenvalue weighted by atomic mass is 9.79. The largest absolute Gasteiger partial charge is 0.395 e. The van der Waals surface area contributed by atoms with Crippen LogP contribution in [0.2, 0.25) is 0 Å². The fourth-order valence-electron chi connectivity index (χ4n) is 3.25. The fraction of sp³-hybridized carbons (Fsp3) is 1.00. The molecule has 120 valence electrons. The number of hydroxylamine groups is 2. The van der Waals surface area contributed by atoms with E-state index in [0.717, 1.165) is 12.8 Å². The van der Waals surface area contributed by atoms with Gasteiger partial charge in [0.05, 0.1) is 18.8 Å². The number of nitrogens with one attached hydrogen (secondary N) is 1. The van der Waals surface area contributed by atoms with Crippen molar-refractivity contribution < 1.29 is 15.1 Å². The van der Waals surface area contributed by atoms with Crippen LogP contribution in [0, 0.1) is 0 Å².